The van der Waals surface area contributed by atoms with Gasteiger partial charge in [-0.05, 0) is 44.4 Å². The summed E-state index contributed by atoms with van der Waals surface area (Å²) < 4.78 is 0.771. The van der Waals surface area contributed by atoms with E-state index in [1.807, 2.05) is 33.0 Å². The summed E-state index contributed by atoms with van der Waals surface area (Å²) in [4.78, 5) is 26.8. The molecule has 0 unspecified atom stereocenters. The fourth-order valence-corrected chi connectivity index (χ4v) is 4.65. The quantitative estimate of drug-likeness (QED) is 0.728. The van der Waals surface area contributed by atoms with Crippen molar-refractivity contribution in [2.75, 3.05) is 13.1 Å². The van der Waals surface area contributed by atoms with Gasteiger partial charge in [0.2, 0.25) is 0 Å². The topological polar surface area (TPSA) is 99.0 Å². The molecule has 0 bridgehead atoms. The number of primary amides is 1. The van der Waals surface area contributed by atoms with Crippen molar-refractivity contribution in [1.29, 1.82) is 0 Å². The summed E-state index contributed by atoms with van der Waals surface area (Å²) in [5.74, 6) is -0.250. The molecule has 1 aliphatic rings. The number of hydrogen-bond acceptors (Lipinski definition) is 3. The summed E-state index contributed by atoms with van der Waals surface area (Å²) in [6.07, 6.45) is 2.41. The zero-order valence-electron chi connectivity index (χ0n) is 15.3. The predicted molar refractivity (Wildman–Crippen MR) is 102 cm³/mol. The number of likely N-dealkylation sites (tertiary alicyclic amines) is 1. The number of quaternary nitrogens is 1. The summed E-state index contributed by atoms with van der Waals surface area (Å²) >= 11 is 3.45. The summed E-state index contributed by atoms with van der Waals surface area (Å²) in [7, 11) is 0. The van der Waals surface area contributed by atoms with Crippen LogP contribution in [0.5, 0.6) is 0 Å². The van der Waals surface area contributed by atoms with Crippen LogP contribution in [-0.2, 0) is 0 Å². The molecule has 1 aromatic heterocycles. The lowest BCUT2D eigenvalue weighted by Crippen LogP contribution is -2.69. The molecule has 6 nitrogen and oxygen atoms in total. The second kappa shape index (κ2) is 6.39. The van der Waals surface area contributed by atoms with Crippen molar-refractivity contribution in [2.45, 2.75) is 45.1 Å². The molecule has 0 atom stereocenters. The lowest BCUT2D eigenvalue weighted by Gasteiger charge is -2.51. The summed E-state index contributed by atoms with van der Waals surface area (Å²) in [6.45, 7) is 6.90. The van der Waals surface area contributed by atoms with Gasteiger partial charge in [0.25, 0.3) is 12.0 Å². The minimum atomic E-state index is -1.01. The van der Waals surface area contributed by atoms with Gasteiger partial charge >= 0.3 is 0 Å². The first kappa shape index (κ1) is 18.9. The number of carbonyl (C=O) groups is 2. The molecule has 1 aliphatic heterocycles. The number of nitrogens with zero attached hydrogens (tertiary/aromatic N) is 1. The van der Waals surface area contributed by atoms with Gasteiger partial charge in [0, 0.05) is 28.9 Å². The van der Waals surface area contributed by atoms with Gasteiger partial charge in [0.05, 0.1) is 29.7 Å². The number of aromatic nitrogens is 1. The SMILES string of the molecule is CC(C)(C)[N+]1(C(=O)[O-])CCC(c2c[nH]c3c(C(N)=O)cc(Br)cc23)CC1. The van der Waals surface area contributed by atoms with E-state index in [4.69, 9.17) is 5.73 Å². The van der Waals surface area contributed by atoms with Crippen molar-refractivity contribution in [2.24, 2.45) is 5.73 Å². The number of nitrogens with one attached hydrogen (secondary N) is 1. The maximum Gasteiger partial charge on any atom is 0.257 e. The van der Waals surface area contributed by atoms with E-state index in [-0.39, 0.29) is 10.4 Å². The van der Waals surface area contributed by atoms with E-state index in [1.165, 1.54) is 0 Å². The minimum Gasteiger partial charge on any atom is -0.498 e. The molecular weight excluding hydrogens is 398 g/mol. The molecule has 1 fully saturated rings. The Kier molecular flexibility index (Phi) is 4.65. The third-order valence-corrected chi connectivity index (χ3v) is 6.30. The van der Waals surface area contributed by atoms with E-state index in [9.17, 15) is 14.7 Å². The molecule has 2 amide bonds. The number of aromatic amines is 1. The van der Waals surface area contributed by atoms with Crippen LogP contribution in [0.2, 0.25) is 0 Å². The zero-order valence-corrected chi connectivity index (χ0v) is 16.9. The molecule has 0 saturated carbocycles. The Morgan fingerprint density at radius 2 is 1.88 bits per heavy atom. The van der Waals surface area contributed by atoms with Gasteiger partial charge in [-0.3, -0.25) is 9.28 Å². The first-order valence-electron chi connectivity index (χ1n) is 8.76. The molecule has 3 rings (SSSR count). The summed E-state index contributed by atoms with van der Waals surface area (Å²) in [5, 5.41) is 12.9. The van der Waals surface area contributed by atoms with Crippen molar-refractivity contribution in [3.8, 4) is 0 Å². The maximum atomic E-state index is 11.9. The van der Waals surface area contributed by atoms with Crippen LogP contribution < -0.4 is 10.8 Å². The number of carbonyl (C=O) groups excluding carboxylic acids is 2. The standard InChI is InChI=1S/C19H24BrN3O3/c1-19(2,3)23(18(25)26)6-4-11(5-7-23)15-10-22-16-13(15)8-12(20)9-14(16)17(21)24/h8-11H,4-7H2,1-3H3,(H3-,21,22,24,25,26). The molecule has 2 aromatic rings. The average Bonchev–Trinajstić information content (AvgIpc) is 2.96. The van der Waals surface area contributed by atoms with Gasteiger partial charge in [0.15, 0.2) is 0 Å². The number of hydrogen-bond donors (Lipinski definition) is 2. The van der Waals surface area contributed by atoms with Gasteiger partial charge in [-0.1, -0.05) is 15.9 Å². The lowest BCUT2D eigenvalue weighted by atomic mass is 9.85. The molecule has 140 valence electrons. The van der Waals surface area contributed by atoms with Crippen LogP contribution in [0.25, 0.3) is 10.9 Å². The first-order valence-corrected chi connectivity index (χ1v) is 9.55. The van der Waals surface area contributed by atoms with Crippen LogP contribution in [0.3, 0.4) is 0 Å². The number of H-pyrrole nitrogens is 1. The Morgan fingerprint density at radius 1 is 1.27 bits per heavy atom. The third kappa shape index (κ3) is 2.93. The van der Waals surface area contributed by atoms with Gasteiger partial charge in [-0.15, -0.1) is 0 Å². The highest BCUT2D eigenvalue weighted by atomic mass is 79.9. The van der Waals surface area contributed by atoms with Crippen LogP contribution >= 0.6 is 15.9 Å². The number of amides is 2. The van der Waals surface area contributed by atoms with Crippen LogP contribution in [0, 0.1) is 0 Å². The van der Waals surface area contributed by atoms with Crippen LogP contribution in [0.4, 0.5) is 4.79 Å². The number of fused-ring (bicyclic) bond motifs is 1. The maximum absolute atomic E-state index is 11.9. The molecular formula is C19H24BrN3O3. The van der Waals surface area contributed by atoms with E-state index >= 15 is 0 Å². The van der Waals surface area contributed by atoms with Gasteiger partial charge in [-0.25, -0.2) is 0 Å². The highest BCUT2D eigenvalue weighted by Crippen LogP contribution is 2.40. The second-order valence-electron chi connectivity index (χ2n) is 8.11. The van der Waals surface area contributed by atoms with E-state index < -0.39 is 17.5 Å². The van der Waals surface area contributed by atoms with Crippen LogP contribution in [0.1, 0.15) is 55.5 Å². The Bertz CT molecular complexity index is 874. The van der Waals surface area contributed by atoms with E-state index in [2.05, 4.69) is 20.9 Å². The largest absolute Gasteiger partial charge is 0.498 e. The summed E-state index contributed by atoms with van der Waals surface area (Å²) in [6, 6.07) is 3.69. The Hall–Kier alpha value is -1.86. The number of piperidine rings is 1. The lowest BCUT2D eigenvalue weighted by molar-refractivity contribution is -0.924. The molecule has 0 aliphatic carbocycles. The van der Waals surface area contributed by atoms with Crippen molar-refractivity contribution in [3.63, 3.8) is 0 Å². The van der Waals surface area contributed by atoms with E-state index in [0.717, 1.165) is 33.8 Å². The van der Waals surface area contributed by atoms with Gasteiger partial charge < -0.3 is 20.6 Å². The molecule has 0 radical (unpaired) electrons. The van der Waals surface area contributed by atoms with E-state index in [1.54, 1.807) is 6.07 Å². The minimum absolute atomic E-state index is 0.0257. The molecule has 7 heteroatoms. The second-order valence-corrected chi connectivity index (χ2v) is 9.03. The smallest absolute Gasteiger partial charge is 0.257 e. The number of benzene rings is 1. The highest BCUT2D eigenvalue weighted by Gasteiger charge is 2.45. The number of halogens is 1. The predicted octanol–water partition coefficient (Wildman–Crippen LogP) is 2.87. The highest BCUT2D eigenvalue weighted by molar-refractivity contribution is 9.10. The van der Waals surface area contributed by atoms with E-state index in [0.29, 0.717) is 18.7 Å². The van der Waals surface area contributed by atoms with Crippen molar-refractivity contribution < 1.29 is 19.2 Å². The fraction of sp³-hybridized carbons (Fsp3) is 0.474. The first-order chi connectivity index (χ1) is 12.1. The van der Waals surface area contributed by atoms with Crippen LogP contribution in [0.15, 0.2) is 22.8 Å². The molecule has 1 aromatic carbocycles. The Labute approximate surface area is 161 Å². The van der Waals surface area contributed by atoms with Crippen molar-refractivity contribution in [3.05, 3.63) is 33.9 Å². The van der Waals surface area contributed by atoms with Crippen molar-refractivity contribution in [1.82, 2.24) is 4.98 Å². The molecule has 0 spiro atoms. The molecule has 2 heterocycles. The van der Waals surface area contributed by atoms with Crippen LogP contribution in [-0.4, -0.2) is 40.1 Å². The molecule has 26 heavy (non-hydrogen) atoms. The zero-order chi connectivity index (χ0) is 19.3. The monoisotopic (exact) mass is 421 g/mol. The third-order valence-electron chi connectivity index (χ3n) is 5.84. The number of carboxylic acid groups (broad SMARTS) is 1. The Morgan fingerprint density at radius 3 is 2.38 bits per heavy atom. The average molecular weight is 422 g/mol. The number of rotatable bonds is 2. The number of nitrogens with two attached hydrogens (primary N) is 1. The van der Waals surface area contributed by atoms with Gasteiger partial charge in [0.1, 0.15) is 0 Å². The normalized spacial score (nSPS) is 23.9. The van der Waals surface area contributed by atoms with Crippen molar-refractivity contribution >= 4 is 38.8 Å². The summed E-state index contributed by atoms with van der Waals surface area (Å²) in [5.41, 5.74) is 7.38. The molecule has 1 saturated heterocycles. The Balaban J connectivity index is 1.96. The fourth-order valence-electron chi connectivity index (χ4n) is 4.20. The molecule has 3 N–H and O–H groups in total. The van der Waals surface area contributed by atoms with Gasteiger partial charge in [-0.2, -0.15) is 0 Å².